The van der Waals surface area contributed by atoms with Crippen LogP contribution in [0.1, 0.15) is 25.3 Å². The van der Waals surface area contributed by atoms with E-state index in [1.54, 1.807) is 18.2 Å². The minimum Gasteiger partial charge on any atom is -0.480 e. The van der Waals surface area contributed by atoms with E-state index >= 15 is 0 Å². The molecule has 1 N–H and O–H groups in total. The molecule has 0 aliphatic carbocycles. The van der Waals surface area contributed by atoms with Crippen molar-refractivity contribution < 1.29 is 14.7 Å². The number of nitrogens with zero attached hydrogens (tertiary/aromatic N) is 1. The van der Waals surface area contributed by atoms with E-state index in [0.717, 1.165) is 12.0 Å². The molecule has 4 nitrogen and oxygen atoms in total. The summed E-state index contributed by atoms with van der Waals surface area (Å²) in [5.41, 5.74) is 0.738. The average molecular weight is 296 g/mol. The van der Waals surface area contributed by atoms with Crippen LogP contribution in [0.4, 0.5) is 0 Å². The fourth-order valence-corrected chi connectivity index (χ4v) is 2.78. The minimum atomic E-state index is -0.927. The van der Waals surface area contributed by atoms with Crippen LogP contribution in [0.2, 0.25) is 5.02 Å². The maximum Gasteiger partial charge on any atom is 0.326 e. The predicted octanol–water partition coefficient (Wildman–Crippen LogP) is 2.59. The molecule has 20 heavy (non-hydrogen) atoms. The lowest BCUT2D eigenvalue weighted by atomic mass is 9.92. The molecule has 2 rings (SSSR count). The van der Waals surface area contributed by atoms with E-state index in [1.165, 1.54) is 4.90 Å². The highest BCUT2D eigenvalue weighted by Gasteiger charge is 2.34. The Morgan fingerprint density at radius 1 is 1.40 bits per heavy atom. The lowest BCUT2D eigenvalue weighted by Gasteiger charge is -2.36. The third kappa shape index (κ3) is 3.31. The molecule has 0 bridgehead atoms. The summed E-state index contributed by atoms with van der Waals surface area (Å²) >= 11 is 6.04. The van der Waals surface area contributed by atoms with Gasteiger partial charge >= 0.3 is 5.97 Å². The second kappa shape index (κ2) is 6.27. The van der Waals surface area contributed by atoms with Gasteiger partial charge in [0.2, 0.25) is 5.91 Å². The highest BCUT2D eigenvalue weighted by atomic mass is 35.5. The van der Waals surface area contributed by atoms with Crippen LogP contribution in [-0.4, -0.2) is 34.5 Å². The van der Waals surface area contributed by atoms with E-state index < -0.39 is 12.0 Å². The molecule has 0 saturated carbocycles. The molecule has 1 saturated heterocycles. The van der Waals surface area contributed by atoms with Crippen LogP contribution in [0.25, 0.3) is 0 Å². The average Bonchev–Trinajstić information content (AvgIpc) is 2.41. The van der Waals surface area contributed by atoms with Gasteiger partial charge in [0.05, 0.1) is 6.42 Å². The molecule has 1 aliphatic rings. The molecule has 1 aliphatic heterocycles. The highest BCUT2D eigenvalue weighted by molar-refractivity contribution is 6.31. The van der Waals surface area contributed by atoms with Gasteiger partial charge in [-0.2, -0.15) is 0 Å². The van der Waals surface area contributed by atoms with Crippen molar-refractivity contribution >= 4 is 23.5 Å². The number of hydrogen-bond acceptors (Lipinski definition) is 2. The van der Waals surface area contributed by atoms with Crippen molar-refractivity contribution in [2.45, 2.75) is 32.2 Å². The number of benzene rings is 1. The van der Waals surface area contributed by atoms with Gasteiger partial charge in [0, 0.05) is 11.6 Å². The summed E-state index contributed by atoms with van der Waals surface area (Å²) < 4.78 is 0. The van der Waals surface area contributed by atoms with E-state index in [2.05, 4.69) is 0 Å². The minimum absolute atomic E-state index is 0.151. The summed E-state index contributed by atoms with van der Waals surface area (Å²) in [7, 11) is 0. The molecule has 0 spiro atoms. The van der Waals surface area contributed by atoms with Gasteiger partial charge in [-0.3, -0.25) is 4.79 Å². The smallest absolute Gasteiger partial charge is 0.326 e. The molecule has 108 valence electrons. The first-order valence-electron chi connectivity index (χ1n) is 6.74. The monoisotopic (exact) mass is 295 g/mol. The molecule has 1 aromatic rings. The van der Waals surface area contributed by atoms with E-state index in [4.69, 9.17) is 11.6 Å². The zero-order chi connectivity index (χ0) is 14.7. The van der Waals surface area contributed by atoms with Crippen molar-refractivity contribution in [2.75, 3.05) is 6.54 Å². The molecule has 2 unspecified atom stereocenters. The Bertz CT molecular complexity index is 518. The fourth-order valence-electron chi connectivity index (χ4n) is 2.58. The van der Waals surface area contributed by atoms with Crippen LogP contribution in [-0.2, 0) is 16.0 Å². The van der Waals surface area contributed by atoms with Gasteiger partial charge in [0.15, 0.2) is 0 Å². The Labute approximate surface area is 123 Å². The number of aliphatic carboxylic acids is 1. The van der Waals surface area contributed by atoms with Crippen molar-refractivity contribution in [1.29, 1.82) is 0 Å². The molecule has 5 heteroatoms. The van der Waals surface area contributed by atoms with Crippen molar-refractivity contribution in [1.82, 2.24) is 4.90 Å². The van der Waals surface area contributed by atoms with Crippen molar-refractivity contribution in [2.24, 2.45) is 5.92 Å². The molecule has 2 atom stereocenters. The van der Waals surface area contributed by atoms with E-state index in [9.17, 15) is 14.7 Å². The summed E-state index contributed by atoms with van der Waals surface area (Å²) in [5.74, 6) is -0.762. The fraction of sp³-hybridized carbons (Fsp3) is 0.467. The zero-order valence-corrected chi connectivity index (χ0v) is 12.1. The lowest BCUT2D eigenvalue weighted by molar-refractivity contribution is -0.152. The quantitative estimate of drug-likeness (QED) is 0.932. The topological polar surface area (TPSA) is 57.6 Å². The van der Waals surface area contributed by atoms with Crippen LogP contribution in [0, 0.1) is 5.92 Å². The number of rotatable bonds is 3. The number of piperidine rings is 1. The Kier molecular flexibility index (Phi) is 4.65. The second-order valence-electron chi connectivity index (χ2n) is 5.34. The summed E-state index contributed by atoms with van der Waals surface area (Å²) in [6, 6.07) is 6.44. The molecule has 1 amide bonds. The number of likely N-dealkylation sites (tertiary alicyclic amines) is 1. The first-order chi connectivity index (χ1) is 9.49. The Morgan fingerprint density at radius 3 is 2.75 bits per heavy atom. The largest absolute Gasteiger partial charge is 0.480 e. The lowest BCUT2D eigenvalue weighted by Crippen LogP contribution is -2.50. The molecule has 0 radical (unpaired) electrons. The zero-order valence-electron chi connectivity index (χ0n) is 11.4. The van der Waals surface area contributed by atoms with Crippen LogP contribution in [0.15, 0.2) is 24.3 Å². The molecular weight excluding hydrogens is 278 g/mol. The number of carboxylic acids is 1. The maximum atomic E-state index is 12.3. The van der Waals surface area contributed by atoms with E-state index in [1.807, 2.05) is 13.0 Å². The van der Waals surface area contributed by atoms with Gasteiger partial charge in [-0.05, 0) is 30.4 Å². The summed E-state index contributed by atoms with van der Waals surface area (Å²) in [6.07, 6.45) is 1.51. The van der Waals surface area contributed by atoms with Crippen molar-refractivity contribution in [3.63, 3.8) is 0 Å². The standard InChI is InChI=1S/C15H18ClNO3/c1-10-6-7-17(13(8-10)15(19)20)14(18)9-11-4-2-3-5-12(11)16/h2-5,10,13H,6-9H2,1H3,(H,19,20). The number of carboxylic acid groups (broad SMARTS) is 1. The van der Waals surface area contributed by atoms with Crippen molar-refractivity contribution in [3.8, 4) is 0 Å². The second-order valence-corrected chi connectivity index (χ2v) is 5.75. The molecule has 0 aromatic heterocycles. The number of amides is 1. The number of carbonyl (C=O) groups excluding carboxylic acids is 1. The molecular formula is C15H18ClNO3. The van der Waals surface area contributed by atoms with Crippen molar-refractivity contribution in [3.05, 3.63) is 34.9 Å². The highest BCUT2D eigenvalue weighted by Crippen LogP contribution is 2.24. The van der Waals surface area contributed by atoms with Crippen LogP contribution in [0.5, 0.6) is 0 Å². The first kappa shape index (κ1) is 14.9. The van der Waals surface area contributed by atoms with Crippen LogP contribution >= 0.6 is 11.6 Å². The van der Waals surface area contributed by atoms with Gasteiger partial charge in [-0.25, -0.2) is 4.79 Å². The maximum absolute atomic E-state index is 12.3. The van der Waals surface area contributed by atoms with Gasteiger partial charge in [0.1, 0.15) is 6.04 Å². The van der Waals surface area contributed by atoms with Gasteiger partial charge in [0.25, 0.3) is 0 Å². The molecule has 1 aromatic carbocycles. The number of hydrogen-bond donors (Lipinski definition) is 1. The van der Waals surface area contributed by atoms with Crippen LogP contribution in [0.3, 0.4) is 0 Å². The van der Waals surface area contributed by atoms with E-state index in [-0.39, 0.29) is 12.3 Å². The SMILES string of the molecule is CC1CCN(C(=O)Cc2ccccc2Cl)C(C(=O)O)C1. The molecule has 1 fully saturated rings. The number of carbonyl (C=O) groups is 2. The Hall–Kier alpha value is -1.55. The third-order valence-electron chi connectivity index (χ3n) is 3.77. The van der Waals surface area contributed by atoms with Gasteiger partial charge < -0.3 is 10.0 Å². The summed E-state index contributed by atoms with van der Waals surface area (Å²) in [6.45, 7) is 2.52. The third-order valence-corrected chi connectivity index (χ3v) is 4.14. The summed E-state index contributed by atoms with van der Waals surface area (Å²) in [4.78, 5) is 25.1. The predicted molar refractivity (Wildman–Crippen MR) is 76.7 cm³/mol. The van der Waals surface area contributed by atoms with Crippen LogP contribution < -0.4 is 0 Å². The normalized spacial score (nSPS) is 22.6. The van der Waals surface area contributed by atoms with Gasteiger partial charge in [-0.1, -0.05) is 36.7 Å². The summed E-state index contributed by atoms with van der Waals surface area (Å²) in [5, 5.41) is 9.82. The Balaban J connectivity index is 2.11. The number of halogens is 1. The van der Waals surface area contributed by atoms with E-state index in [0.29, 0.717) is 23.9 Å². The van der Waals surface area contributed by atoms with Gasteiger partial charge in [-0.15, -0.1) is 0 Å². The first-order valence-corrected chi connectivity index (χ1v) is 7.12. The Morgan fingerprint density at radius 2 is 2.10 bits per heavy atom. The molecule has 1 heterocycles.